The lowest BCUT2D eigenvalue weighted by Crippen LogP contribution is -2.25. The number of hydrogen-bond donors (Lipinski definition) is 1. The van der Waals surface area contributed by atoms with E-state index in [1.165, 1.54) is 22.3 Å². The Morgan fingerprint density at radius 1 is 0.773 bits per heavy atom. The van der Waals surface area contributed by atoms with Crippen LogP contribution in [-0.2, 0) is 24.7 Å². The van der Waals surface area contributed by atoms with Crippen LogP contribution in [-0.4, -0.2) is 6.04 Å². The SMILES string of the molecule is CCc1ccc(CC(N)Cc2ccc(C(C)(C)C)cc2)cc1. The maximum Gasteiger partial charge on any atom is 0.0120 e. The van der Waals surface area contributed by atoms with Gasteiger partial charge >= 0.3 is 0 Å². The van der Waals surface area contributed by atoms with E-state index in [9.17, 15) is 0 Å². The summed E-state index contributed by atoms with van der Waals surface area (Å²) < 4.78 is 0. The largest absolute Gasteiger partial charge is 0.327 e. The normalized spacial score (nSPS) is 13.1. The Labute approximate surface area is 135 Å². The Bertz CT molecular complexity index is 573. The maximum atomic E-state index is 6.33. The Morgan fingerprint density at radius 3 is 1.59 bits per heavy atom. The quantitative estimate of drug-likeness (QED) is 0.853. The van der Waals surface area contributed by atoms with Crippen LogP contribution in [0.1, 0.15) is 49.9 Å². The van der Waals surface area contributed by atoms with E-state index in [1.807, 2.05) is 0 Å². The fourth-order valence-corrected chi connectivity index (χ4v) is 2.73. The third-order valence-electron chi connectivity index (χ3n) is 4.25. The smallest absolute Gasteiger partial charge is 0.0120 e. The molecule has 1 nitrogen and oxygen atoms in total. The van der Waals surface area contributed by atoms with Gasteiger partial charge in [0.1, 0.15) is 0 Å². The topological polar surface area (TPSA) is 26.0 Å². The lowest BCUT2D eigenvalue weighted by molar-refractivity contribution is 0.589. The van der Waals surface area contributed by atoms with Crippen LogP contribution >= 0.6 is 0 Å². The van der Waals surface area contributed by atoms with Crippen molar-refractivity contribution in [2.24, 2.45) is 5.73 Å². The molecule has 0 aliphatic carbocycles. The van der Waals surface area contributed by atoms with E-state index >= 15 is 0 Å². The number of hydrogen-bond acceptors (Lipinski definition) is 1. The standard InChI is InChI=1S/C21H29N/c1-5-16-6-8-17(9-7-16)14-20(22)15-18-10-12-19(13-11-18)21(2,3)4/h6-13,20H,5,14-15,22H2,1-4H3. The van der Waals surface area contributed by atoms with Crippen LogP contribution < -0.4 is 5.73 Å². The maximum absolute atomic E-state index is 6.33. The van der Waals surface area contributed by atoms with Gasteiger partial charge < -0.3 is 5.73 Å². The van der Waals surface area contributed by atoms with E-state index < -0.39 is 0 Å². The van der Waals surface area contributed by atoms with Crippen molar-refractivity contribution in [1.29, 1.82) is 0 Å². The molecule has 1 unspecified atom stereocenters. The Kier molecular flexibility index (Phi) is 5.42. The van der Waals surface area contributed by atoms with Gasteiger partial charge in [0, 0.05) is 6.04 Å². The summed E-state index contributed by atoms with van der Waals surface area (Å²) in [6, 6.07) is 17.9. The van der Waals surface area contributed by atoms with E-state index in [1.54, 1.807) is 0 Å². The first-order chi connectivity index (χ1) is 10.4. The lowest BCUT2D eigenvalue weighted by Gasteiger charge is -2.19. The van der Waals surface area contributed by atoms with Crippen molar-refractivity contribution in [1.82, 2.24) is 0 Å². The first kappa shape index (κ1) is 16.8. The highest BCUT2D eigenvalue weighted by molar-refractivity contribution is 5.28. The molecule has 0 bridgehead atoms. The highest BCUT2D eigenvalue weighted by atomic mass is 14.6. The average molecular weight is 295 g/mol. The van der Waals surface area contributed by atoms with E-state index in [-0.39, 0.29) is 11.5 Å². The molecule has 118 valence electrons. The molecule has 2 aromatic rings. The molecule has 1 heteroatoms. The zero-order valence-electron chi connectivity index (χ0n) is 14.4. The van der Waals surface area contributed by atoms with Gasteiger partial charge in [0.05, 0.1) is 0 Å². The van der Waals surface area contributed by atoms with Crippen LogP contribution in [0.25, 0.3) is 0 Å². The molecule has 0 aliphatic rings. The molecule has 0 fully saturated rings. The lowest BCUT2D eigenvalue weighted by atomic mass is 9.86. The molecule has 2 N–H and O–H groups in total. The van der Waals surface area contributed by atoms with Crippen LogP contribution in [0.15, 0.2) is 48.5 Å². The van der Waals surface area contributed by atoms with Crippen LogP contribution in [0.2, 0.25) is 0 Å². The summed E-state index contributed by atoms with van der Waals surface area (Å²) in [5, 5.41) is 0. The van der Waals surface area contributed by atoms with Crippen LogP contribution in [0.5, 0.6) is 0 Å². The summed E-state index contributed by atoms with van der Waals surface area (Å²) >= 11 is 0. The van der Waals surface area contributed by atoms with Crippen LogP contribution in [0.3, 0.4) is 0 Å². The van der Waals surface area contributed by atoms with Crippen molar-refractivity contribution >= 4 is 0 Å². The third-order valence-corrected chi connectivity index (χ3v) is 4.25. The van der Waals surface area contributed by atoms with Gasteiger partial charge in [0.25, 0.3) is 0 Å². The van der Waals surface area contributed by atoms with Gasteiger partial charge in [0.15, 0.2) is 0 Å². The van der Waals surface area contributed by atoms with Gasteiger partial charge in [-0.15, -0.1) is 0 Å². The predicted molar refractivity (Wildman–Crippen MR) is 96.3 cm³/mol. The monoisotopic (exact) mass is 295 g/mol. The second-order valence-electron chi connectivity index (χ2n) is 7.29. The Hall–Kier alpha value is -1.60. The second kappa shape index (κ2) is 7.11. The van der Waals surface area contributed by atoms with E-state index in [2.05, 4.69) is 76.2 Å². The third kappa shape index (κ3) is 4.71. The molecule has 22 heavy (non-hydrogen) atoms. The minimum Gasteiger partial charge on any atom is -0.327 e. The highest BCUT2D eigenvalue weighted by Crippen LogP contribution is 2.22. The van der Waals surface area contributed by atoms with Crippen molar-refractivity contribution < 1.29 is 0 Å². The predicted octanol–water partition coefficient (Wildman–Crippen LogP) is 4.66. The Morgan fingerprint density at radius 2 is 1.18 bits per heavy atom. The van der Waals surface area contributed by atoms with Crippen molar-refractivity contribution in [3.63, 3.8) is 0 Å². The number of rotatable bonds is 5. The van der Waals surface area contributed by atoms with Gasteiger partial charge in [-0.2, -0.15) is 0 Å². The fraction of sp³-hybridized carbons (Fsp3) is 0.429. The first-order valence-electron chi connectivity index (χ1n) is 8.31. The molecular formula is C21H29N. The second-order valence-corrected chi connectivity index (χ2v) is 7.29. The molecule has 0 spiro atoms. The minimum absolute atomic E-state index is 0.174. The van der Waals surface area contributed by atoms with Gasteiger partial charge in [-0.3, -0.25) is 0 Å². The van der Waals surface area contributed by atoms with E-state index in [0.29, 0.717) is 0 Å². The molecule has 0 aliphatic heterocycles. The van der Waals surface area contributed by atoms with Crippen LogP contribution in [0.4, 0.5) is 0 Å². The van der Waals surface area contributed by atoms with Gasteiger partial charge in [-0.25, -0.2) is 0 Å². The molecule has 0 saturated carbocycles. The molecule has 0 saturated heterocycles. The number of benzene rings is 2. The molecular weight excluding hydrogens is 266 g/mol. The first-order valence-corrected chi connectivity index (χ1v) is 8.31. The molecule has 0 heterocycles. The number of aryl methyl sites for hydroxylation is 1. The summed E-state index contributed by atoms with van der Waals surface area (Å²) in [5.74, 6) is 0. The fourth-order valence-electron chi connectivity index (χ4n) is 2.73. The zero-order chi connectivity index (χ0) is 16.2. The van der Waals surface area contributed by atoms with E-state index in [4.69, 9.17) is 5.73 Å². The molecule has 0 amide bonds. The molecule has 2 rings (SSSR count). The molecule has 2 aromatic carbocycles. The number of nitrogens with two attached hydrogens (primary N) is 1. The molecule has 0 radical (unpaired) electrons. The summed E-state index contributed by atoms with van der Waals surface area (Å²) in [4.78, 5) is 0. The summed E-state index contributed by atoms with van der Waals surface area (Å²) in [5.41, 5.74) is 12.0. The van der Waals surface area contributed by atoms with Crippen molar-refractivity contribution in [2.75, 3.05) is 0 Å². The van der Waals surface area contributed by atoms with Gasteiger partial charge in [0.2, 0.25) is 0 Å². The van der Waals surface area contributed by atoms with Crippen molar-refractivity contribution in [3.8, 4) is 0 Å². The van der Waals surface area contributed by atoms with E-state index in [0.717, 1.165) is 19.3 Å². The highest BCUT2D eigenvalue weighted by Gasteiger charge is 2.13. The van der Waals surface area contributed by atoms with Crippen LogP contribution in [0, 0.1) is 0 Å². The van der Waals surface area contributed by atoms with Gasteiger partial charge in [-0.1, -0.05) is 76.2 Å². The molecule has 1 atom stereocenters. The average Bonchev–Trinajstić information content (AvgIpc) is 2.47. The van der Waals surface area contributed by atoms with Gasteiger partial charge in [-0.05, 0) is 46.9 Å². The Balaban J connectivity index is 1.95. The van der Waals surface area contributed by atoms with Crippen molar-refractivity contribution in [2.45, 2.75) is 58.4 Å². The van der Waals surface area contributed by atoms with Crippen molar-refractivity contribution in [3.05, 3.63) is 70.8 Å². The molecule has 0 aromatic heterocycles. The summed E-state index contributed by atoms with van der Waals surface area (Å²) in [7, 11) is 0. The minimum atomic E-state index is 0.174. The summed E-state index contributed by atoms with van der Waals surface area (Å²) in [6.07, 6.45) is 2.96. The zero-order valence-corrected chi connectivity index (χ0v) is 14.4. The summed E-state index contributed by atoms with van der Waals surface area (Å²) in [6.45, 7) is 8.91.